The first-order valence-corrected chi connectivity index (χ1v) is 10.1. The van der Waals surface area contributed by atoms with Crippen LogP contribution in [0.1, 0.15) is 70.4 Å². The topological polar surface area (TPSA) is 33.7 Å². The van der Waals surface area contributed by atoms with Crippen LogP contribution in [0.4, 0.5) is 0 Å². The molecule has 1 aromatic carbocycles. The van der Waals surface area contributed by atoms with Gasteiger partial charge >= 0.3 is 0 Å². The number of aryl methyl sites for hydroxylation is 1. The van der Waals surface area contributed by atoms with E-state index in [1.807, 2.05) is 0 Å². The van der Waals surface area contributed by atoms with Gasteiger partial charge in [-0.3, -0.25) is 4.79 Å². The van der Waals surface area contributed by atoms with Crippen LogP contribution in [-0.4, -0.2) is 17.9 Å². The fourth-order valence-corrected chi connectivity index (χ4v) is 6.45. The summed E-state index contributed by atoms with van der Waals surface area (Å²) in [5, 5.41) is 2.24. The third-order valence-corrected chi connectivity index (χ3v) is 7.22. The molecule has 4 aliphatic carbocycles. The molecule has 2 heteroatoms. The fourth-order valence-electron chi connectivity index (χ4n) is 6.45. The molecule has 0 saturated heterocycles. The van der Waals surface area contributed by atoms with Crippen molar-refractivity contribution in [1.29, 1.82) is 0 Å². The minimum absolute atomic E-state index is 0.0310. The van der Waals surface area contributed by atoms with Crippen molar-refractivity contribution in [3.63, 3.8) is 0 Å². The first-order valence-electron chi connectivity index (χ1n) is 10.1. The van der Waals surface area contributed by atoms with Crippen LogP contribution in [0.5, 0.6) is 0 Å². The van der Waals surface area contributed by atoms with Gasteiger partial charge in [0.25, 0.3) is 0 Å². The average molecular weight is 341 g/mol. The van der Waals surface area contributed by atoms with Crippen molar-refractivity contribution in [3.05, 3.63) is 35.4 Å². The molecule has 4 atom stereocenters. The molecule has 0 aromatic heterocycles. The number of ketones is 1. The van der Waals surface area contributed by atoms with Crippen LogP contribution in [-0.2, 0) is 10.2 Å². The predicted molar refractivity (Wildman–Crippen MR) is 102 cm³/mol. The minimum atomic E-state index is -0.0310. The van der Waals surface area contributed by atoms with Gasteiger partial charge in [-0.05, 0) is 89.0 Å². The zero-order valence-corrected chi connectivity index (χ0v) is 16.4. The summed E-state index contributed by atoms with van der Waals surface area (Å²) in [5.41, 5.74) is 3.21. The van der Waals surface area contributed by atoms with Crippen LogP contribution >= 0.6 is 0 Å². The first kappa shape index (κ1) is 17.3. The van der Waals surface area contributed by atoms with E-state index in [2.05, 4.69) is 57.3 Å². The summed E-state index contributed by atoms with van der Waals surface area (Å²) in [6.07, 6.45) is 7.41. The SMILES string of the molecule is Cc1ccc(C23C[C@@H]4C[C@@H](CC(C(=O)C[NH2+]C(C)(C)C)(C4)C2)C3)cc1. The van der Waals surface area contributed by atoms with Gasteiger partial charge in [-0.15, -0.1) is 0 Å². The summed E-state index contributed by atoms with van der Waals surface area (Å²) in [6.45, 7) is 9.43. The van der Waals surface area contributed by atoms with Crippen molar-refractivity contribution in [1.82, 2.24) is 0 Å². The Hall–Kier alpha value is -1.15. The van der Waals surface area contributed by atoms with Crippen LogP contribution in [0.25, 0.3) is 0 Å². The Labute approximate surface area is 152 Å². The van der Waals surface area contributed by atoms with Crippen molar-refractivity contribution >= 4 is 5.78 Å². The van der Waals surface area contributed by atoms with E-state index >= 15 is 0 Å². The van der Waals surface area contributed by atoms with Crippen LogP contribution in [0.3, 0.4) is 0 Å². The summed E-state index contributed by atoms with van der Waals surface area (Å²) in [4.78, 5) is 13.3. The Kier molecular flexibility index (Phi) is 3.92. The minimum Gasteiger partial charge on any atom is -0.336 e. The highest BCUT2D eigenvalue weighted by atomic mass is 16.1. The molecule has 1 aromatic rings. The molecule has 0 radical (unpaired) electrons. The third-order valence-electron chi connectivity index (χ3n) is 7.22. The van der Waals surface area contributed by atoms with E-state index in [1.165, 1.54) is 30.4 Å². The molecule has 0 heterocycles. The molecule has 136 valence electrons. The van der Waals surface area contributed by atoms with E-state index < -0.39 is 0 Å². The number of hydrogen-bond donors (Lipinski definition) is 1. The molecule has 2 N–H and O–H groups in total. The van der Waals surface area contributed by atoms with Crippen LogP contribution in [0.15, 0.2) is 24.3 Å². The molecular formula is C23H34NO+. The number of carbonyl (C=O) groups excluding carboxylic acids is 1. The molecule has 4 bridgehead atoms. The Morgan fingerprint density at radius 2 is 1.68 bits per heavy atom. The number of carbonyl (C=O) groups is 1. The summed E-state index contributed by atoms with van der Waals surface area (Å²) < 4.78 is 0. The van der Waals surface area contributed by atoms with Gasteiger partial charge in [0, 0.05) is 5.41 Å². The summed E-state index contributed by atoms with van der Waals surface area (Å²) in [6, 6.07) is 9.22. The maximum absolute atomic E-state index is 13.3. The predicted octanol–water partition coefficient (Wildman–Crippen LogP) is 3.76. The molecule has 5 rings (SSSR count). The number of quaternary nitrogens is 1. The van der Waals surface area contributed by atoms with Crippen molar-refractivity contribution in [3.8, 4) is 0 Å². The van der Waals surface area contributed by atoms with Gasteiger partial charge in [0.05, 0.1) is 5.54 Å². The second-order valence-electron chi connectivity index (χ2n) is 10.6. The molecule has 4 saturated carbocycles. The first-order chi connectivity index (χ1) is 11.7. The molecule has 0 amide bonds. The highest BCUT2D eigenvalue weighted by Gasteiger charge is 2.60. The van der Waals surface area contributed by atoms with E-state index in [1.54, 1.807) is 0 Å². The molecule has 4 fully saturated rings. The van der Waals surface area contributed by atoms with Crippen molar-refractivity contribution in [2.45, 2.75) is 77.2 Å². The summed E-state index contributed by atoms with van der Waals surface area (Å²) >= 11 is 0. The third kappa shape index (κ3) is 3.07. The lowest BCUT2D eigenvalue weighted by molar-refractivity contribution is -0.707. The molecule has 0 aliphatic heterocycles. The average Bonchev–Trinajstić information content (AvgIpc) is 2.51. The van der Waals surface area contributed by atoms with Crippen molar-refractivity contribution in [2.75, 3.05) is 6.54 Å². The molecular weight excluding hydrogens is 306 g/mol. The van der Waals surface area contributed by atoms with Gasteiger partial charge in [0.1, 0.15) is 6.54 Å². The maximum Gasteiger partial charge on any atom is 0.192 e. The smallest absolute Gasteiger partial charge is 0.192 e. The molecule has 2 nitrogen and oxygen atoms in total. The number of Topliss-reactive ketones (excluding diaryl/α,β-unsaturated/α-hetero) is 1. The summed E-state index contributed by atoms with van der Waals surface area (Å²) in [7, 11) is 0. The normalized spacial score (nSPS) is 36.6. The Morgan fingerprint density at radius 3 is 2.24 bits per heavy atom. The highest BCUT2D eigenvalue weighted by Crippen LogP contribution is 2.65. The molecule has 2 unspecified atom stereocenters. The highest BCUT2D eigenvalue weighted by molar-refractivity contribution is 5.86. The maximum atomic E-state index is 13.3. The van der Waals surface area contributed by atoms with Gasteiger partial charge in [-0.1, -0.05) is 29.8 Å². The van der Waals surface area contributed by atoms with Crippen LogP contribution < -0.4 is 5.32 Å². The monoisotopic (exact) mass is 340 g/mol. The Morgan fingerprint density at radius 1 is 1.08 bits per heavy atom. The Balaban J connectivity index is 1.63. The van der Waals surface area contributed by atoms with Gasteiger partial charge in [-0.25, -0.2) is 0 Å². The van der Waals surface area contributed by atoms with E-state index in [4.69, 9.17) is 0 Å². The van der Waals surface area contributed by atoms with Crippen LogP contribution in [0, 0.1) is 24.2 Å². The van der Waals surface area contributed by atoms with E-state index in [0.717, 1.165) is 31.1 Å². The second-order valence-corrected chi connectivity index (χ2v) is 10.6. The second kappa shape index (κ2) is 5.67. The fraction of sp³-hybridized carbons (Fsp3) is 0.696. The van der Waals surface area contributed by atoms with Gasteiger partial charge < -0.3 is 5.32 Å². The van der Waals surface area contributed by atoms with Gasteiger partial charge in [-0.2, -0.15) is 0 Å². The van der Waals surface area contributed by atoms with Crippen LogP contribution in [0.2, 0.25) is 0 Å². The largest absolute Gasteiger partial charge is 0.336 e. The lowest BCUT2D eigenvalue weighted by atomic mass is 9.42. The van der Waals surface area contributed by atoms with E-state index in [0.29, 0.717) is 12.3 Å². The quantitative estimate of drug-likeness (QED) is 0.889. The van der Waals surface area contributed by atoms with Crippen molar-refractivity contribution in [2.24, 2.45) is 17.3 Å². The molecule has 25 heavy (non-hydrogen) atoms. The molecule has 4 aliphatic rings. The number of nitrogens with two attached hydrogens (primary N) is 1. The van der Waals surface area contributed by atoms with E-state index in [9.17, 15) is 4.79 Å². The Bertz CT molecular complexity index is 652. The van der Waals surface area contributed by atoms with Gasteiger partial charge in [0.15, 0.2) is 5.78 Å². The lowest BCUT2D eigenvalue weighted by Crippen LogP contribution is -2.96. The standard InChI is InChI=1S/C23H33NO/c1-16-5-7-19(8-6-16)22-10-17-9-18(11-22)13-23(12-17,15-22)20(25)14-24-21(2,3)4/h5-8,17-18,24H,9-15H2,1-4H3/p+1/t17-,18+,22?,23?. The molecule has 0 spiro atoms. The lowest BCUT2D eigenvalue weighted by Gasteiger charge is -2.61. The number of benzene rings is 1. The number of hydrogen-bond acceptors (Lipinski definition) is 1. The van der Waals surface area contributed by atoms with Crippen molar-refractivity contribution < 1.29 is 10.1 Å². The number of rotatable bonds is 4. The zero-order valence-electron chi connectivity index (χ0n) is 16.4. The van der Waals surface area contributed by atoms with Gasteiger partial charge in [0.2, 0.25) is 0 Å². The van der Waals surface area contributed by atoms with E-state index in [-0.39, 0.29) is 16.4 Å². The summed E-state index contributed by atoms with van der Waals surface area (Å²) in [5.74, 6) is 2.07. The zero-order chi connectivity index (χ0) is 17.9.